The number of aromatic nitrogens is 1. The standard InChI is InChI=1S/C8H5ClF2INO2/c1-15-8(14)5-4(9)2-3(6(10)11)7(12)13-5/h2,6H,1H3. The van der Waals surface area contributed by atoms with E-state index in [4.69, 9.17) is 11.6 Å². The minimum atomic E-state index is -2.67. The zero-order valence-electron chi connectivity index (χ0n) is 7.43. The normalized spacial score (nSPS) is 10.5. The molecule has 0 radical (unpaired) electrons. The van der Waals surface area contributed by atoms with Gasteiger partial charge >= 0.3 is 5.97 Å². The predicted octanol–water partition coefficient (Wildman–Crippen LogP) is 3.06. The molecule has 15 heavy (non-hydrogen) atoms. The minimum Gasteiger partial charge on any atom is -0.464 e. The number of carbonyl (C=O) groups is 1. The molecule has 0 N–H and O–H groups in total. The highest BCUT2D eigenvalue weighted by molar-refractivity contribution is 14.1. The zero-order valence-corrected chi connectivity index (χ0v) is 10.3. The molecule has 0 aliphatic rings. The van der Waals surface area contributed by atoms with E-state index in [0.717, 1.165) is 13.2 Å². The van der Waals surface area contributed by atoms with Crippen LogP contribution in [0.5, 0.6) is 0 Å². The van der Waals surface area contributed by atoms with E-state index in [1.165, 1.54) is 0 Å². The van der Waals surface area contributed by atoms with Crippen LogP contribution < -0.4 is 0 Å². The minimum absolute atomic E-state index is 0.0346. The maximum absolute atomic E-state index is 12.4. The van der Waals surface area contributed by atoms with Gasteiger partial charge in [-0.2, -0.15) is 0 Å². The highest BCUT2D eigenvalue weighted by Crippen LogP contribution is 2.27. The molecule has 1 rings (SSSR count). The summed E-state index contributed by atoms with van der Waals surface area (Å²) in [6, 6.07) is 1.02. The van der Waals surface area contributed by atoms with E-state index < -0.39 is 12.4 Å². The van der Waals surface area contributed by atoms with Crippen molar-refractivity contribution < 1.29 is 18.3 Å². The number of alkyl halides is 2. The predicted molar refractivity (Wildman–Crippen MR) is 58.3 cm³/mol. The number of carbonyl (C=O) groups excluding carboxylic acids is 1. The summed E-state index contributed by atoms with van der Waals surface area (Å²) in [6.07, 6.45) is -2.67. The fourth-order valence-electron chi connectivity index (χ4n) is 0.873. The number of nitrogens with zero attached hydrogens (tertiary/aromatic N) is 1. The van der Waals surface area contributed by atoms with Gasteiger partial charge in [-0.05, 0) is 28.7 Å². The van der Waals surface area contributed by atoms with Crippen molar-refractivity contribution in [2.24, 2.45) is 0 Å². The van der Waals surface area contributed by atoms with Gasteiger partial charge in [-0.25, -0.2) is 18.6 Å². The third kappa shape index (κ3) is 2.75. The number of hydrogen-bond donors (Lipinski definition) is 0. The molecule has 1 aromatic heterocycles. The van der Waals surface area contributed by atoms with Crippen molar-refractivity contribution in [2.45, 2.75) is 6.43 Å². The molecule has 3 nitrogen and oxygen atoms in total. The molecule has 0 spiro atoms. The lowest BCUT2D eigenvalue weighted by Crippen LogP contribution is -2.08. The topological polar surface area (TPSA) is 39.2 Å². The smallest absolute Gasteiger partial charge is 0.358 e. The molecule has 0 aromatic carbocycles. The molecule has 0 bridgehead atoms. The first-order valence-electron chi connectivity index (χ1n) is 3.69. The lowest BCUT2D eigenvalue weighted by atomic mass is 10.2. The van der Waals surface area contributed by atoms with Gasteiger partial charge in [-0.1, -0.05) is 11.6 Å². The number of hydrogen-bond acceptors (Lipinski definition) is 3. The summed E-state index contributed by atoms with van der Waals surface area (Å²) in [5, 5.41) is -0.141. The molecule has 0 saturated heterocycles. The van der Waals surface area contributed by atoms with E-state index in [1.54, 1.807) is 22.6 Å². The van der Waals surface area contributed by atoms with Gasteiger partial charge in [-0.3, -0.25) is 0 Å². The Kier molecular flexibility index (Phi) is 4.21. The molecule has 0 unspecified atom stereocenters. The number of esters is 1. The van der Waals surface area contributed by atoms with Gasteiger partial charge in [-0.15, -0.1) is 0 Å². The Bertz CT molecular complexity index is 400. The van der Waals surface area contributed by atoms with Crippen LogP contribution in [0.25, 0.3) is 0 Å². The Hall–Kier alpha value is -0.500. The number of pyridine rings is 1. The summed E-state index contributed by atoms with van der Waals surface area (Å²) >= 11 is 7.23. The second-order valence-electron chi connectivity index (χ2n) is 2.49. The average molecular weight is 347 g/mol. The summed E-state index contributed by atoms with van der Waals surface area (Å²) < 4.78 is 29.2. The summed E-state index contributed by atoms with van der Waals surface area (Å²) in [6.45, 7) is 0. The van der Waals surface area contributed by atoms with Crippen LogP contribution in [0.4, 0.5) is 8.78 Å². The number of halogens is 4. The first kappa shape index (κ1) is 12.6. The van der Waals surface area contributed by atoms with Crippen LogP contribution in [0, 0.1) is 3.70 Å². The van der Waals surface area contributed by atoms with Gasteiger partial charge in [0.05, 0.1) is 17.7 Å². The van der Waals surface area contributed by atoms with Gasteiger partial charge in [0, 0.05) is 0 Å². The first-order chi connectivity index (χ1) is 6.97. The van der Waals surface area contributed by atoms with Crippen molar-refractivity contribution in [3.05, 3.63) is 26.0 Å². The highest BCUT2D eigenvalue weighted by Gasteiger charge is 2.20. The fraction of sp³-hybridized carbons (Fsp3) is 0.250. The number of rotatable bonds is 2. The van der Waals surface area contributed by atoms with Crippen molar-refractivity contribution in [2.75, 3.05) is 7.11 Å². The molecular weight excluding hydrogens is 342 g/mol. The van der Waals surface area contributed by atoms with Crippen LogP contribution in [-0.2, 0) is 4.74 Å². The molecule has 0 aliphatic heterocycles. The maximum atomic E-state index is 12.4. The molecule has 0 saturated carbocycles. The van der Waals surface area contributed by atoms with Crippen LogP contribution in [-0.4, -0.2) is 18.1 Å². The summed E-state index contributed by atoms with van der Waals surface area (Å²) in [5.41, 5.74) is -0.457. The third-order valence-electron chi connectivity index (χ3n) is 1.57. The van der Waals surface area contributed by atoms with Crippen molar-refractivity contribution in [3.8, 4) is 0 Å². The average Bonchev–Trinajstić information content (AvgIpc) is 2.19. The fourth-order valence-corrected chi connectivity index (χ4v) is 1.74. The van der Waals surface area contributed by atoms with E-state index in [1.807, 2.05) is 0 Å². The Labute approximate surface area is 103 Å². The molecule has 0 fully saturated rings. The van der Waals surface area contributed by atoms with Gasteiger partial charge < -0.3 is 4.74 Å². The number of ether oxygens (including phenoxy) is 1. The summed E-state index contributed by atoms with van der Waals surface area (Å²) in [7, 11) is 1.16. The number of methoxy groups -OCH3 is 1. The molecule has 0 amide bonds. The van der Waals surface area contributed by atoms with E-state index in [2.05, 4.69) is 9.72 Å². The van der Waals surface area contributed by atoms with Crippen LogP contribution in [0.2, 0.25) is 5.02 Å². The molecule has 82 valence electrons. The molecule has 0 aliphatic carbocycles. The Morgan fingerprint density at radius 3 is 2.73 bits per heavy atom. The molecule has 1 aromatic rings. The quantitative estimate of drug-likeness (QED) is 0.469. The van der Waals surface area contributed by atoms with E-state index in [0.29, 0.717) is 0 Å². The van der Waals surface area contributed by atoms with Crippen LogP contribution in [0.3, 0.4) is 0 Å². The van der Waals surface area contributed by atoms with Crippen molar-refractivity contribution in [1.29, 1.82) is 0 Å². The monoisotopic (exact) mass is 347 g/mol. The molecular formula is C8H5ClF2INO2. The van der Waals surface area contributed by atoms with Gasteiger partial charge in [0.2, 0.25) is 0 Å². The molecule has 1 heterocycles. The molecule has 0 atom stereocenters. The van der Waals surface area contributed by atoms with Crippen LogP contribution in [0.15, 0.2) is 6.07 Å². The SMILES string of the molecule is COC(=O)c1nc(I)c(C(F)F)cc1Cl. The highest BCUT2D eigenvalue weighted by atomic mass is 127. The summed E-state index contributed by atoms with van der Waals surface area (Å²) in [4.78, 5) is 14.8. The molecule has 7 heteroatoms. The lowest BCUT2D eigenvalue weighted by Gasteiger charge is -2.06. The second kappa shape index (κ2) is 5.02. The van der Waals surface area contributed by atoms with Crippen molar-refractivity contribution in [1.82, 2.24) is 4.98 Å². The van der Waals surface area contributed by atoms with E-state index in [-0.39, 0.29) is 20.0 Å². The Balaban J connectivity index is 3.25. The second-order valence-corrected chi connectivity index (χ2v) is 3.92. The Morgan fingerprint density at radius 1 is 1.67 bits per heavy atom. The van der Waals surface area contributed by atoms with Gasteiger partial charge in [0.1, 0.15) is 3.70 Å². The maximum Gasteiger partial charge on any atom is 0.358 e. The third-order valence-corrected chi connectivity index (χ3v) is 2.72. The van der Waals surface area contributed by atoms with Gasteiger partial charge in [0.25, 0.3) is 6.43 Å². The lowest BCUT2D eigenvalue weighted by molar-refractivity contribution is 0.0593. The summed E-state index contributed by atoms with van der Waals surface area (Å²) in [5.74, 6) is -0.751. The van der Waals surface area contributed by atoms with Crippen molar-refractivity contribution >= 4 is 40.2 Å². The van der Waals surface area contributed by atoms with E-state index in [9.17, 15) is 13.6 Å². The van der Waals surface area contributed by atoms with Crippen molar-refractivity contribution in [3.63, 3.8) is 0 Å². The van der Waals surface area contributed by atoms with Crippen LogP contribution in [0.1, 0.15) is 22.5 Å². The van der Waals surface area contributed by atoms with E-state index >= 15 is 0 Å². The van der Waals surface area contributed by atoms with Gasteiger partial charge in [0.15, 0.2) is 5.69 Å². The first-order valence-corrected chi connectivity index (χ1v) is 5.15. The van der Waals surface area contributed by atoms with Crippen LogP contribution >= 0.6 is 34.2 Å². The largest absolute Gasteiger partial charge is 0.464 e. The Morgan fingerprint density at radius 2 is 2.27 bits per heavy atom. The zero-order chi connectivity index (χ0) is 11.6.